The van der Waals surface area contributed by atoms with Gasteiger partial charge in [0, 0.05) is 25.3 Å². The molecule has 1 aliphatic rings. The molecule has 0 aliphatic carbocycles. The van der Waals surface area contributed by atoms with Crippen LogP contribution in [0.1, 0.15) is 29.9 Å². The summed E-state index contributed by atoms with van der Waals surface area (Å²) in [6.45, 7) is 7.63. The Labute approximate surface area is 96.3 Å². The number of hydrogen-bond acceptors (Lipinski definition) is 4. The zero-order valence-corrected chi connectivity index (χ0v) is 10.1. The van der Waals surface area contributed by atoms with Crippen LogP contribution in [-0.2, 0) is 11.3 Å². The van der Waals surface area contributed by atoms with E-state index in [-0.39, 0.29) is 0 Å². The predicted molar refractivity (Wildman–Crippen MR) is 61.2 cm³/mol. The van der Waals surface area contributed by atoms with E-state index >= 15 is 0 Å². The average molecular weight is 224 g/mol. The van der Waals surface area contributed by atoms with Crippen LogP contribution in [0.15, 0.2) is 4.52 Å². The van der Waals surface area contributed by atoms with Gasteiger partial charge in [0.15, 0.2) is 0 Å². The fourth-order valence-corrected chi connectivity index (χ4v) is 2.12. The average Bonchev–Trinajstić information content (AvgIpc) is 2.62. The Morgan fingerprint density at radius 1 is 1.44 bits per heavy atom. The number of aryl methyl sites for hydroxylation is 2. The van der Waals surface area contributed by atoms with Crippen molar-refractivity contribution in [2.75, 3.05) is 19.8 Å². The zero-order chi connectivity index (χ0) is 11.4. The largest absolute Gasteiger partial charge is 0.381 e. The van der Waals surface area contributed by atoms with Gasteiger partial charge in [-0.3, -0.25) is 0 Å². The molecule has 1 aliphatic heterocycles. The molecule has 1 saturated heterocycles. The minimum atomic E-state index is 0.661. The molecule has 1 unspecified atom stereocenters. The van der Waals surface area contributed by atoms with Crippen molar-refractivity contribution in [3.63, 3.8) is 0 Å². The Bertz CT molecular complexity index is 310. The number of nitrogens with one attached hydrogen (secondary N) is 1. The second kappa shape index (κ2) is 5.46. The summed E-state index contributed by atoms with van der Waals surface area (Å²) in [5.74, 6) is 1.58. The molecule has 1 N–H and O–H groups in total. The van der Waals surface area contributed by atoms with Crippen molar-refractivity contribution in [1.82, 2.24) is 10.5 Å². The van der Waals surface area contributed by atoms with Crippen LogP contribution in [0.5, 0.6) is 0 Å². The number of aromatic nitrogens is 1. The van der Waals surface area contributed by atoms with Gasteiger partial charge < -0.3 is 14.6 Å². The molecule has 0 radical (unpaired) electrons. The lowest BCUT2D eigenvalue weighted by atomic mass is 10.0. The van der Waals surface area contributed by atoms with Crippen molar-refractivity contribution in [3.05, 3.63) is 17.0 Å². The van der Waals surface area contributed by atoms with Crippen molar-refractivity contribution in [1.29, 1.82) is 0 Å². The maximum absolute atomic E-state index is 5.45. The Kier molecular flexibility index (Phi) is 3.96. The minimum Gasteiger partial charge on any atom is -0.381 e. The van der Waals surface area contributed by atoms with Crippen LogP contribution in [0.25, 0.3) is 0 Å². The van der Waals surface area contributed by atoms with Crippen LogP contribution in [0.3, 0.4) is 0 Å². The standard InChI is InChI=1S/C12H20N2O2/c1-9-12(10(2)16-14-9)7-13-6-11-4-3-5-15-8-11/h11,13H,3-8H2,1-2H3. The number of rotatable bonds is 4. The van der Waals surface area contributed by atoms with Gasteiger partial charge in [-0.05, 0) is 32.6 Å². The highest BCUT2D eigenvalue weighted by Crippen LogP contribution is 2.14. The van der Waals surface area contributed by atoms with E-state index in [0.717, 1.165) is 37.8 Å². The molecular formula is C12H20N2O2. The normalized spacial score (nSPS) is 21.2. The van der Waals surface area contributed by atoms with Gasteiger partial charge in [-0.25, -0.2) is 0 Å². The van der Waals surface area contributed by atoms with Gasteiger partial charge in [0.25, 0.3) is 0 Å². The molecule has 4 nitrogen and oxygen atoms in total. The number of ether oxygens (including phenoxy) is 1. The second-order valence-electron chi connectivity index (χ2n) is 4.52. The van der Waals surface area contributed by atoms with E-state index in [0.29, 0.717) is 5.92 Å². The van der Waals surface area contributed by atoms with Crippen molar-refractivity contribution in [2.45, 2.75) is 33.2 Å². The first-order valence-corrected chi connectivity index (χ1v) is 5.97. The van der Waals surface area contributed by atoms with Crippen LogP contribution < -0.4 is 5.32 Å². The van der Waals surface area contributed by atoms with E-state index in [2.05, 4.69) is 10.5 Å². The summed E-state index contributed by atoms with van der Waals surface area (Å²) in [5.41, 5.74) is 2.18. The van der Waals surface area contributed by atoms with Gasteiger partial charge in [-0.1, -0.05) is 5.16 Å². The quantitative estimate of drug-likeness (QED) is 0.847. The predicted octanol–water partition coefficient (Wildman–Crippen LogP) is 1.81. The lowest BCUT2D eigenvalue weighted by Crippen LogP contribution is -2.29. The minimum absolute atomic E-state index is 0.661. The molecule has 1 atom stereocenters. The number of hydrogen-bond donors (Lipinski definition) is 1. The molecule has 0 aromatic carbocycles. The molecule has 2 heterocycles. The van der Waals surface area contributed by atoms with Crippen molar-refractivity contribution >= 4 is 0 Å². The van der Waals surface area contributed by atoms with Gasteiger partial charge >= 0.3 is 0 Å². The smallest absolute Gasteiger partial charge is 0.138 e. The maximum Gasteiger partial charge on any atom is 0.138 e. The van der Waals surface area contributed by atoms with Crippen LogP contribution in [0.4, 0.5) is 0 Å². The highest BCUT2D eigenvalue weighted by Gasteiger charge is 2.14. The first-order valence-electron chi connectivity index (χ1n) is 5.97. The number of nitrogens with zero attached hydrogens (tertiary/aromatic N) is 1. The monoisotopic (exact) mass is 224 g/mol. The van der Waals surface area contributed by atoms with Crippen molar-refractivity contribution in [3.8, 4) is 0 Å². The zero-order valence-electron chi connectivity index (χ0n) is 10.1. The van der Waals surface area contributed by atoms with Gasteiger partial charge in [-0.2, -0.15) is 0 Å². The van der Waals surface area contributed by atoms with Crippen LogP contribution in [-0.4, -0.2) is 24.9 Å². The lowest BCUT2D eigenvalue weighted by Gasteiger charge is -2.22. The summed E-state index contributed by atoms with van der Waals surface area (Å²) in [4.78, 5) is 0. The Hall–Kier alpha value is -0.870. The molecule has 4 heteroatoms. The Morgan fingerprint density at radius 3 is 2.94 bits per heavy atom. The van der Waals surface area contributed by atoms with E-state index in [1.165, 1.54) is 18.4 Å². The molecule has 16 heavy (non-hydrogen) atoms. The van der Waals surface area contributed by atoms with Gasteiger partial charge in [-0.15, -0.1) is 0 Å². The maximum atomic E-state index is 5.45. The Morgan fingerprint density at radius 2 is 2.31 bits per heavy atom. The first kappa shape index (κ1) is 11.6. The first-order chi connectivity index (χ1) is 7.77. The lowest BCUT2D eigenvalue weighted by molar-refractivity contribution is 0.0547. The van der Waals surface area contributed by atoms with Crippen molar-refractivity contribution in [2.24, 2.45) is 5.92 Å². The van der Waals surface area contributed by atoms with Crippen LogP contribution >= 0.6 is 0 Å². The SMILES string of the molecule is Cc1noc(C)c1CNCC1CCCOC1. The molecular weight excluding hydrogens is 204 g/mol. The molecule has 1 aromatic heterocycles. The molecule has 0 saturated carbocycles. The van der Waals surface area contributed by atoms with E-state index in [9.17, 15) is 0 Å². The highest BCUT2D eigenvalue weighted by molar-refractivity contribution is 5.20. The molecule has 0 spiro atoms. The van der Waals surface area contributed by atoms with E-state index in [4.69, 9.17) is 9.26 Å². The third-order valence-electron chi connectivity index (χ3n) is 3.17. The molecule has 0 bridgehead atoms. The third kappa shape index (κ3) is 2.83. The molecule has 90 valence electrons. The molecule has 1 fully saturated rings. The van der Waals surface area contributed by atoms with E-state index < -0.39 is 0 Å². The van der Waals surface area contributed by atoms with E-state index in [1.54, 1.807) is 0 Å². The van der Waals surface area contributed by atoms with E-state index in [1.807, 2.05) is 13.8 Å². The fourth-order valence-electron chi connectivity index (χ4n) is 2.12. The summed E-state index contributed by atoms with van der Waals surface area (Å²) in [7, 11) is 0. The summed E-state index contributed by atoms with van der Waals surface area (Å²) in [5, 5.41) is 7.40. The summed E-state index contributed by atoms with van der Waals surface area (Å²) < 4.78 is 10.6. The van der Waals surface area contributed by atoms with Crippen LogP contribution in [0.2, 0.25) is 0 Å². The summed E-state index contributed by atoms with van der Waals surface area (Å²) in [6.07, 6.45) is 2.46. The summed E-state index contributed by atoms with van der Waals surface area (Å²) in [6, 6.07) is 0. The third-order valence-corrected chi connectivity index (χ3v) is 3.17. The second-order valence-corrected chi connectivity index (χ2v) is 4.52. The highest BCUT2D eigenvalue weighted by atomic mass is 16.5. The molecule has 1 aromatic rings. The Balaban J connectivity index is 1.75. The van der Waals surface area contributed by atoms with Gasteiger partial charge in [0.2, 0.25) is 0 Å². The fraction of sp³-hybridized carbons (Fsp3) is 0.750. The topological polar surface area (TPSA) is 47.3 Å². The summed E-state index contributed by atoms with van der Waals surface area (Å²) >= 11 is 0. The van der Waals surface area contributed by atoms with Gasteiger partial charge in [0.1, 0.15) is 5.76 Å². The molecule has 0 amide bonds. The molecule has 2 rings (SSSR count). The van der Waals surface area contributed by atoms with Gasteiger partial charge in [0.05, 0.1) is 12.3 Å². The van der Waals surface area contributed by atoms with Crippen LogP contribution in [0, 0.1) is 19.8 Å². The van der Waals surface area contributed by atoms with Crippen molar-refractivity contribution < 1.29 is 9.26 Å².